The summed E-state index contributed by atoms with van der Waals surface area (Å²) >= 11 is 0. The first-order chi connectivity index (χ1) is 13.3. The predicted octanol–water partition coefficient (Wildman–Crippen LogP) is 4.22. The van der Waals surface area contributed by atoms with Gasteiger partial charge in [-0.25, -0.2) is 4.79 Å². The van der Waals surface area contributed by atoms with E-state index in [1.54, 1.807) is 0 Å². The second-order valence-corrected chi connectivity index (χ2v) is 9.06. The molecule has 152 valence electrons. The Morgan fingerprint density at radius 2 is 1.86 bits per heavy atom. The summed E-state index contributed by atoms with van der Waals surface area (Å²) in [5, 5.41) is 4.03. The van der Waals surface area contributed by atoms with E-state index < -0.39 is 12.0 Å². The van der Waals surface area contributed by atoms with Crippen molar-refractivity contribution in [2.75, 3.05) is 7.11 Å². The summed E-state index contributed by atoms with van der Waals surface area (Å²) in [6.07, 6.45) is 6.21. The molecule has 2 N–H and O–H groups in total. The van der Waals surface area contributed by atoms with Gasteiger partial charge in [0.05, 0.1) is 7.11 Å². The molecule has 1 amide bonds. The topological polar surface area (TPSA) is 71.2 Å². The van der Waals surface area contributed by atoms with Gasteiger partial charge in [-0.3, -0.25) is 4.79 Å². The number of esters is 1. The van der Waals surface area contributed by atoms with Gasteiger partial charge < -0.3 is 15.0 Å². The van der Waals surface area contributed by atoms with Gasteiger partial charge >= 0.3 is 5.97 Å². The number of H-pyrrole nitrogens is 1. The van der Waals surface area contributed by atoms with Gasteiger partial charge in [-0.2, -0.15) is 0 Å². The van der Waals surface area contributed by atoms with Crippen LogP contribution in [0.4, 0.5) is 0 Å². The average Bonchev–Trinajstić information content (AvgIpc) is 3.09. The van der Waals surface area contributed by atoms with Gasteiger partial charge in [0, 0.05) is 29.4 Å². The molecule has 1 aromatic heterocycles. The van der Waals surface area contributed by atoms with E-state index >= 15 is 0 Å². The third-order valence-electron chi connectivity index (χ3n) is 6.22. The maximum Gasteiger partial charge on any atom is 0.328 e. The normalized spacial score (nSPS) is 21.3. The van der Waals surface area contributed by atoms with Crippen LogP contribution in [0, 0.1) is 17.3 Å². The summed E-state index contributed by atoms with van der Waals surface area (Å²) in [5.41, 5.74) is 2.31. The molecule has 1 atom stereocenters. The summed E-state index contributed by atoms with van der Waals surface area (Å²) in [6.45, 7) is 6.81. The molecule has 1 saturated carbocycles. The molecule has 3 rings (SSSR count). The Bertz CT molecular complexity index is 826. The smallest absolute Gasteiger partial charge is 0.328 e. The molecule has 0 bridgehead atoms. The molecule has 0 aliphatic heterocycles. The van der Waals surface area contributed by atoms with Gasteiger partial charge in [-0.1, -0.05) is 39.0 Å². The van der Waals surface area contributed by atoms with Crippen LogP contribution < -0.4 is 5.32 Å². The molecule has 1 fully saturated rings. The van der Waals surface area contributed by atoms with E-state index in [1.165, 1.54) is 7.11 Å². The van der Waals surface area contributed by atoms with Gasteiger partial charge in [0.25, 0.3) is 0 Å². The van der Waals surface area contributed by atoms with Crippen LogP contribution in [0.15, 0.2) is 30.5 Å². The largest absolute Gasteiger partial charge is 0.467 e. The number of benzene rings is 1. The molecule has 1 aliphatic carbocycles. The lowest BCUT2D eigenvalue weighted by Crippen LogP contribution is -2.46. The third-order valence-corrected chi connectivity index (χ3v) is 6.22. The second-order valence-electron chi connectivity index (χ2n) is 9.06. The molecule has 2 aromatic rings. The van der Waals surface area contributed by atoms with Crippen molar-refractivity contribution >= 4 is 22.8 Å². The van der Waals surface area contributed by atoms with Gasteiger partial charge in [0.15, 0.2) is 0 Å². The second kappa shape index (κ2) is 8.38. The summed E-state index contributed by atoms with van der Waals surface area (Å²) in [6, 6.07) is 7.29. The Kier molecular flexibility index (Phi) is 6.11. The van der Waals surface area contributed by atoms with Crippen LogP contribution in [0.1, 0.15) is 52.0 Å². The van der Waals surface area contributed by atoms with Gasteiger partial charge in [-0.15, -0.1) is 0 Å². The summed E-state index contributed by atoms with van der Waals surface area (Å²) in [4.78, 5) is 28.4. The molecule has 1 heterocycles. The number of amides is 1. The third kappa shape index (κ3) is 4.57. The number of para-hydroxylation sites is 1. The molecule has 1 aliphatic rings. The highest BCUT2D eigenvalue weighted by atomic mass is 16.5. The number of nitrogens with one attached hydrogen (secondary N) is 2. The highest BCUT2D eigenvalue weighted by molar-refractivity contribution is 5.88. The standard InChI is InChI=1S/C23H32N2O3/c1-23(2,3)17-11-9-15(10-12-17)21(26)25-20(22(27)28-4)13-16-14-24-19-8-6-5-7-18(16)19/h5-8,14-15,17,20,24H,9-13H2,1-4H3,(H,25,26)/t15?,17?,20-/m1/s1. The van der Waals surface area contributed by atoms with E-state index in [0.29, 0.717) is 12.3 Å². The monoisotopic (exact) mass is 384 g/mol. The number of hydrogen-bond acceptors (Lipinski definition) is 3. The zero-order chi connectivity index (χ0) is 20.3. The van der Waals surface area contributed by atoms with Crippen molar-refractivity contribution in [3.8, 4) is 0 Å². The van der Waals surface area contributed by atoms with Crippen LogP contribution in [-0.4, -0.2) is 30.0 Å². The number of ether oxygens (including phenoxy) is 1. The molecular weight excluding hydrogens is 352 g/mol. The fourth-order valence-corrected chi connectivity index (χ4v) is 4.37. The van der Waals surface area contributed by atoms with Crippen LogP contribution in [0.25, 0.3) is 10.9 Å². The number of carbonyl (C=O) groups excluding carboxylic acids is 2. The quantitative estimate of drug-likeness (QED) is 0.758. The molecule has 5 nitrogen and oxygen atoms in total. The van der Waals surface area contributed by atoms with Crippen molar-refractivity contribution in [3.63, 3.8) is 0 Å². The molecule has 1 aromatic carbocycles. The van der Waals surface area contributed by atoms with E-state index in [-0.39, 0.29) is 17.2 Å². The zero-order valence-electron chi connectivity index (χ0n) is 17.4. The summed E-state index contributed by atoms with van der Waals surface area (Å²) in [7, 11) is 1.37. The minimum absolute atomic E-state index is 0.0197. The molecule has 28 heavy (non-hydrogen) atoms. The van der Waals surface area contributed by atoms with Crippen molar-refractivity contribution in [1.29, 1.82) is 0 Å². The SMILES string of the molecule is COC(=O)[C@@H](Cc1c[nH]c2ccccc12)NC(=O)C1CCC(C(C)(C)C)CC1. The van der Waals surface area contributed by atoms with Gasteiger partial charge in [-0.05, 0) is 48.6 Å². The Hall–Kier alpha value is -2.30. The van der Waals surface area contributed by atoms with Crippen LogP contribution >= 0.6 is 0 Å². The lowest BCUT2D eigenvalue weighted by atomic mass is 9.69. The van der Waals surface area contributed by atoms with Crippen molar-refractivity contribution < 1.29 is 14.3 Å². The van der Waals surface area contributed by atoms with E-state index in [2.05, 4.69) is 31.1 Å². The molecule has 0 saturated heterocycles. The fourth-order valence-electron chi connectivity index (χ4n) is 4.37. The first kappa shape index (κ1) is 20.4. The Morgan fingerprint density at radius 3 is 2.50 bits per heavy atom. The summed E-state index contributed by atoms with van der Waals surface area (Å²) < 4.78 is 4.96. The van der Waals surface area contributed by atoms with Gasteiger partial charge in [0.2, 0.25) is 5.91 Å². The number of fused-ring (bicyclic) bond motifs is 1. The number of methoxy groups -OCH3 is 1. The minimum atomic E-state index is -0.669. The minimum Gasteiger partial charge on any atom is -0.467 e. The fraction of sp³-hybridized carbons (Fsp3) is 0.565. The Morgan fingerprint density at radius 1 is 1.18 bits per heavy atom. The molecule has 0 spiro atoms. The van der Waals surface area contributed by atoms with Crippen LogP contribution in [0.2, 0.25) is 0 Å². The molecule has 0 unspecified atom stereocenters. The maximum absolute atomic E-state index is 12.9. The highest BCUT2D eigenvalue weighted by Crippen LogP contribution is 2.39. The van der Waals surface area contributed by atoms with E-state index in [9.17, 15) is 9.59 Å². The van der Waals surface area contributed by atoms with Crippen LogP contribution in [-0.2, 0) is 20.7 Å². The van der Waals surface area contributed by atoms with E-state index in [1.807, 2.05) is 30.5 Å². The lowest BCUT2D eigenvalue weighted by Gasteiger charge is -2.36. The van der Waals surface area contributed by atoms with Crippen LogP contribution in [0.5, 0.6) is 0 Å². The number of hydrogen-bond donors (Lipinski definition) is 2. The predicted molar refractivity (Wildman–Crippen MR) is 111 cm³/mol. The molecule has 5 heteroatoms. The van der Waals surface area contributed by atoms with E-state index in [4.69, 9.17) is 4.74 Å². The Balaban J connectivity index is 1.66. The van der Waals surface area contributed by atoms with Crippen molar-refractivity contribution in [1.82, 2.24) is 10.3 Å². The maximum atomic E-state index is 12.9. The number of aromatic nitrogens is 1. The summed E-state index contributed by atoms with van der Waals surface area (Å²) in [5.74, 6) is 0.206. The number of carbonyl (C=O) groups is 2. The van der Waals surface area contributed by atoms with Gasteiger partial charge in [0.1, 0.15) is 6.04 Å². The molecule has 0 radical (unpaired) electrons. The highest BCUT2D eigenvalue weighted by Gasteiger charge is 2.34. The molecular formula is C23H32N2O3. The Labute approximate surface area is 167 Å². The van der Waals surface area contributed by atoms with Crippen LogP contribution in [0.3, 0.4) is 0 Å². The lowest BCUT2D eigenvalue weighted by molar-refractivity contribution is -0.145. The van der Waals surface area contributed by atoms with Crippen molar-refractivity contribution in [3.05, 3.63) is 36.0 Å². The average molecular weight is 385 g/mol. The van der Waals surface area contributed by atoms with Crippen molar-refractivity contribution in [2.24, 2.45) is 17.3 Å². The van der Waals surface area contributed by atoms with E-state index in [0.717, 1.165) is 42.1 Å². The first-order valence-corrected chi connectivity index (χ1v) is 10.2. The van der Waals surface area contributed by atoms with Crippen molar-refractivity contribution in [2.45, 2.75) is 58.9 Å². The number of rotatable bonds is 5. The zero-order valence-corrected chi connectivity index (χ0v) is 17.4. The number of aromatic amines is 1. The first-order valence-electron chi connectivity index (χ1n) is 10.2.